The summed E-state index contributed by atoms with van der Waals surface area (Å²) in [5.41, 5.74) is -0.00118. The van der Waals surface area contributed by atoms with E-state index in [0.717, 1.165) is 18.4 Å². The Bertz CT molecular complexity index is 264. The molecule has 0 aliphatic heterocycles. The molecule has 1 saturated carbocycles. The number of ether oxygens (including phenoxy) is 1. The predicted octanol–water partition coefficient (Wildman–Crippen LogP) is 1.52. The Hall–Kier alpha value is -0.800. The second kappa shape index (κ2) is 3.16. The van der Waals surface area contributed by atoms with E-state index in [-0.39, 0.29) is 0 Å². The molecule has 1 aromatic heterocycles. The summed E-state index contributed by atoms with van der Waals surface area (Å²) in [6.07, 6.45) is 5.33. The third-order valence-electron chi connectivity index (χ3n) is 2.64. The third-order valence-corrected chi connectivity index (χ3v) is 2.64. The fourth-order valence-corrected chi connectivity index (χ4v) is 1.73. The zero-order chi connectivity index (χ0) is 9.31. The van der Waals surface area contributed by atoms with Gasteiger partial charge in [-0.1, -0.05) is 0 Å². The molecule has 72 valence electrons. The number of rotatable bonds is 4. The van der Waals surface area contributed by atoms with Crippen LogP contribution in [0.3, 0.4) is 0 Å². The number of furan rings is 1. The van der Waals surface area contributed by atoms with Gasteiger partial charge in [-0.25, -0.2) is 0 Å². The molecule has 0 spiro atoms. The highest BCUT2D eigenvalue weighted by molar-refractivity contribution is 5.20. The quantitative estimate of drug-likeness (QED) is 0.767. The molecule has 3 nitrogen and oxygen atoms in total. The Kier molecular flexibility index (Phi) is 2.14. The van der Waals surface area contributed by atoms with Gasteiger partial charge in [0, 0.05) is 12.7 Å². The van der Waals surface area contributed by atoms with Crippen molar-refractivity contribution in [3.05, 3.63) is 24.2 Å². The standard InChI is InChI=1S/C10H14O3/c1-12-7-10(11,8-2-3-8)9-4-5-13-6-9/h4-6,8,11H,2-3,7H2,1H3. The monoisotopic (exact) mass is 182 g/mol. The topological polar surface area (TPSA) is 42.6 Å². The molecule has 2 rings (SSSR count). The van der Waals surface area contributed by atoms with Crippen LogP contribution in [0.1, 0.15) is 18.4 Å². The lowest BCUT2D eigenvalue weighted by atomic mass is 9.92. The summed E-state index contributed by atoms with van der Waals surface area (Å²) in [4.78, 5) is 0. The van der Waals surface area contributed by atoms with Crippen molar-refractivity contribution >= 4 is 0 Å². The summed E-state index contributed by atoms with van der Waals surface area (Å²) in [5, 5.41) is 10.3. The highest BCUT2D eigenvalue weighted by Crippen LogP contribution is 2.45. The van der Waals surface area contributed by atoms with Gasteiger partial charge in [0.05, 0.1) is 19.1 Å². The molecule has 0 aromatic carbocycles. The van der Waals surface area contributed by atoms with E-state index in [1.807, 2.05) is 0 Å². The van der Waals surface area contributed by atoms with E-state index >= 15 is 0 Å². The van der Waals surface area contributed by atoms with Gasteiger partial charge in [-0.3, -0.25) is 0 Å². The highest BCUT2D eigenvalue weighted by atomic mass is 16.5. The van der Waals surface area contributed by atoms with E-state index in [1.54, 1.807) is 25.7 Å². The van der Waals surface area contributed by atoms with E-state index in [9.17, 15) is 5.11 Å². The Labute approximate surface area is 77.3 Å². The fraction of sp³-hybridized carbons (Fsp3) is 0.600. The van der Waals surface area contributed by atoms with Crippen LogP contribution in [0.2, 0.25) is 0 Å². The van der Waals surface area contributed by atoms with Crippen LogP contribution in [0.5, 0.6) is 0 Å². The van der Waals surface area contributed by atoms with Gasteiger partial charge in [-0.15, -0.1) is 0 Å². The van der Waals surface area contributed by atoms with E-state index in [0.29, 0.717) is 12.5 Å². The largest absolute Gasteiger partial charge is 0.472 e. The Morgan fingerprint density at radius 2 is 2.46 bits per heavy atom. The van der Waals surface area contributed by atoms with Gasteiger partial charge in [0.15, 0.2) is 0 Å². The van der Waals surface area contributed by atoms with Crippen LogP contribution in [0.25, 0.3) is 0 Å². The first-order valence-corrected chi connectivity index (χ1v) is 4.51. The van der Waals surface area contributed by atoms with Crippen molar-refractivity contribution in [1.82, 2.24) is 0 Å². The van der Waals surface area contributed by atoms with Crippen molar-refractivity contribution in [2.24, 2.45) is 5.92 Å². The van der Waals surface area contributed by atoms with Gasteiger partial charge < -0.3 is 14.3 Å². The Balaban J connectivity index is 2.22. The Morgan fingerprint density at radius 3 is 2.92 bits per heavy atom. The van der Waals surface area contributed by atoms with Crippen molar-refractivity contribution in [2.45, 2.75) is 18.4 Å². The lowest BCUT2D eigenvalue weighted by molar-refractivity contribution is -0.0536. The van der Waals surface area contributed by atoms with Gasteiger partial charge in [-0.05, 0) is 24.8 Å². The van der Waals surface area contributed by atoms with Crippen LogP contribution in [0.15, 0.2) is 23.0 Å². The molecule has 0 bridgehead atoms. The zero-order valence-electron chi connectivity index (χ0n) is 7.69. The summed E-state index contributed by atoms with van der Waals surface area (Å²) < 4.78 is 10.0. The molecular formula is C10H14O3. The maximum atomic E-state index is 10.3. The van der Waals surface area contributed by atoms with Gasteiger partial charge in [0.2, 0.25) is 0 Å². The molecule has 0 saturated heterocycles. The maximum absolute atomic E-state index is 10.3. The number of hydrogen-bond donors (Lipinski definition) is 1. The first kappa shape index (κ1) is 8.78. The average Bonchev–Trinajstić information content (AvgIpc) is 2.82. The first-order valence-electron chi connectivity index (χ1n) is 4.51. The van der Waals surface area contributed by atoms with Gasteiger partial charge in [0.25, 0.3) is 0 Å². The summed E-state index contributed by atoms with van der Waals surface area (Å²) in [6.45, 7) is 0.344. The molecule has 1 N–H and O–H groups in total. The summed E-state index contributed by atoms with van der Waals surface area (Å²) in [7, 11) is 1.60. The van der Waals surface area contributed by atoms with E-state index < -0.39 is 5.60 Å². The first-order chi connectivity index (χ1) is 6.27. The summed E-state index contributed by atoms with van der Waals surface area (Å²) in [6, 6.07) is 1.80. The van der Waals surface area contributed by atoms with Crippen LogP contribution < -0.4 is 0 Å². The second-order valence-electron chi connectivity index (χ2n) is 3.64. The minimum atomic E-state index is -0.832. The van der Waals surface area contributed by atoms with Crippen LogP contribution in [-0.4, -0.2) is 18.8 Å². The summed E-state index contributed by atoms with van der Waals surface area (Å²) >= 11 is 0. The summed E-state index contributed by atoms with van der Waals surface area (Å²) in [5.74, 6) is 0.338. The Morgan fingerprint density at radius 1 is 1.69 bits per heavy atom. The number of hydrogen-bond acceptors (Lipinski definition) is 3. The molecule has 1 aliphatic rings. The second-order valence-corrected chi connectivity index (χ2v) is 3.64. The van der Waals surface area contributed by atoms with Crippen molar-refractivity contribution in [2.75, 3.05) is 13.7 Å². The molecule has 1 fully saturated rings. The van der Waals surface area contributed by atoms with Crippen LogP contribution in [0.4, 0.5) is 0 Å². The third kappa shape index (κ3) is 1.49. The number of methoxy groups -OCH3 is 1. The smallest absolute Gasteiger partial charge is 0.119 e. The molecule has 1 aromatic rings. The molecule has 0 radical (unpaired) electrons. The fourth-order valence-electron chi connectivity index (χ4n) is 1.73. The maximum Gasteiger partial charge on any atom is 0.119 e. The normalized spacial score (nSPS) is 21.4. The van der Waals surface area contributed by atoms with Crippen LogP contribution >= 0.6 is 0 Å². The van der Waals surface area contributed by atoms with Crippen molar-refractivity contribution in [3.63, 3.8) is 0 Å². The van der Waals surface area contributed by atoms with Crippen LogP contribution in [-0.2, 0) is 10.3 Å². The molecular weight excluding hydrogens is 168 g/mol. The lowest BCUT2D eigenvalue weighted by Crippen LogP contribution is -2.33. The predicted molar refractivity (Wildman–Crippen MR) is 47.2 cm³/mol. The van der Waals surface area contributed by atoms with E-state index in [4.69, 9.17) is 9.15 Å². The molecule has 3 heteroatoms. The molecule has 1 atom stereocenters. The SMILES string of the molecule is COCC(O)(c1ccoc1)C1CC1. The average molecular weight is 182 g/mol. The molecule has 13 heavy (non-hydrogen) atoms. The van der Waals surface area contributed by atoms with Crippen molar-refractivity contribution < 1.29 is 14.3 Å². The zero-order valence-corrected chi connectivity index (χ0v) is 7.69. The lowest BCUT2D eigenvalue weighted by Gasteiger charge is -2.25. The van der Waals surface area contributed by atoms with Crippen molar-refractivity contribution in [1.29, 1.82) is 0 Å². The minimum Gasteiger partial charge on any atom is -0.472 e. The van der Waals surface area contributed by atoms with Crippen molar-refractivity contribution in [3.8, 4) is 0 Å². The van der Waals surface area contributed by atoms with E-state index in [1.165, 1.54) is 0 Å². The molecule has 0 amide bonds. The highest BCUT2D eigenvalue weighted by Gasteiger charge is 2.45. The number of aliphatic hydroxyl groups is 1. The van der Waals surface area contributed by atoms with Gasteiger partial charge >= 0.3 is 0 Å². The molecule has 1 unspecified atom stereocenters. The van der Waals surface area contributed by atoms with E-state index in [2.05, 4.69) is 0 Å². The van der Waals surface area contributed by atoms with Gasteiger partial charge in [0.1, 0.15) is 5.60 Å². The van der Waals surface area contributed by atoms with Gasteiger partial charge in [-0.2, -0.15) is 0 Å². The minimum absolute atomic E-state index is 0.338. The van der Waals surface area contributed by atoms with Crippen LogP contribution in [0, 0.1) is 5.92 Å². The molecule has 1 aliphatic carbocycles. The molecule has 1 heterocycles.